The summed E-state index contributed by atoms with van der Waals surface area (Å²) >= 11 is 0. The smallest absolute Gasteiger partial charge is 0.199 e. The van der Waals surface area contributed by atoms with Crippen LogP contribution in [0.5, 0.6) is 5.75 Å². The summed E-state index contributed by atoms with van der Waals surface area (Å²) in [5.74, 6) is -3.97. The lowest BCUT2D eigenvalue weighted by Gasteiger charge is -2.07. The summed E-state index contributed by atoms with van der Waals surface area (Å²) in [6.45, 7) is 2.17. The van der Waals surface area contributed by atoms with E-state index in [0.29, 0.717) is 24.5 Å². The number of rotatable bonds is 4. The Morgan fingerprint density at radius 1 is 1.10 bits per heavy atom. The van der Waals surface area contributed by atoms with Crippen LogP contribution in [-0.4, -0.2) is 12.4 Å². The van der Waals surface area contributed by atoms with Crippen molar-refractivity contribution in [3.63, 3.8) is 0 Å². The van der Waals surface area contributed by atoms with Gasteiger partial charge in [0.05, 0.1) is 12.2 Å². The number of halogens is 3. The van der Waals surface area contributed by atoms with Crippen LogP contribution in [0, 0.1) is 17.5 Å². The average molecular weight is 280 g/mol. The highest BCUT2D eigenvalue weighted by molar-refractivity contribution is 6.09. The molecule has 0 saturated heterocycles. The van der Waals surface area contributed by atoms with E-state index in [1.807, 2.05) is 0 Å². The third-order valence-electron chi connectivity index (χ3n) is 2.64. The van der Waals surface area contributed by atoms with Crippen LogP contribution in [0.1, 0.15) is 22.8 Å². The first kappa shape index (κ1) is 14.1. The summed E-state index contributed by atoms with van der Waals surface area (Å²) in [7, 11) is 0. The molecule has 0 N–H and O–H groups in total. The lowest BCUT2D eigenvalue weighted by atomic mass is 10.0. The molecule has 5 heteroatoms. The van der Waals surface area contributed by atoms with Gasteiger partial charge in [0.15, 0.2) is 5.78 Å². The molecule has 2 nitrogen and oxygen atoms in total. The van der Waals surface area contributed by atoms with Gasteiger partial charge in [0.2, 0.25) is 0 Å². The Labute approximate surface area is 113 Å². The molecule has 0 aromatic heterocycles. The van der Waals surface area contributed by atoms with Gasteiger partial charge in [0.25, 0.3) is 0 Å². The molecule has 2 aromatic rings. The van der Waals surface area contributed by atoms with Crippen molar-refractivity contribution < 1.29 is 22.7 Å². The fraction of sp³-hybridized carbons (Fsp3) is 0.133. The lowest BCUT2D eigenvalue weighted by molar-refractivity contribution is 0.103. The molecule has 0 fully saturated rings. The summed E-state index contributed by atoms with van der Waals surface area (Å²) in [5, 5.41) is 0. The zero-order valence-electron chi connectivity index (χ0n) is 10.6. The molecular formula is C15H11F3O2. The molecule has 104 valence electrons. The number of carbonyl (C=O) groups is 1. The Hall–Kier alpha value is -2.30. The summed E-state index contributed by atoms with van der Waals surface area (Å²) in [5.41, 5.74) is -0.708. The van der Waals surface area contributed by atoms with Crippen molar-refractivity contribution in [2.45, 2.75) is 6.92 Å². The molecule has 0 unspecified atom stereocenters. The van der Waals surface area contributed by atoms with Crippen LogP contribution < -0.4 is 4.74 Å². The highest BCUT2D eigenvalue weighted by Gasteiger charge is 2.20. The van der Waals surface area contributed by atoms with Crippen molar-refractivity contribution in [2.24, 2.45) is 0 Å². The average Bonchev–Trinajstić information content (AvgIpc) is 2.38. The van der Waals surface area contributed by atoms with Crippen LogP contribution in [0.4, 0.5) is 13.2 Å². The first-order valence-corrected chi connectivity index (χ1v) is 5.95. The third kappa shape index (κ3) is 2.82. The minimum Gasteiger partial charge on any atom is -0.494 e. The molecule has 0 atom stereocenters. The first-order valence-electron chi connectivity index (χ1n) is 5.95. The molecule has 0 amide bonds. The van der Waals surface area contributed by atoms with Crippen LogP contribution in [0.25, 0.3) is 0 Å². The van der Waals surface area contributed by atoms with E-state index in [-0.39, 0.29) is 5.56 Å². The van der Waals surface area contributed by atoms with Gasteiger partial charge in [-0.3, -0.25) is 4.79 Å². The molecule has 0 aliphatic rings. The first-order chi connectivity index (χ1) is 9.52. The van der Waals surface area contributed by atoms with E-state index in [0.717, 1.165) is 0 Å². The van der Waals surface area contributed by atoms with Gasteiger partial charge in [0, 0.05) is 17.7 Å². The van der Waals surface area contributed by atoms with Crippen molar-refractivity contribution in [2.75, 3.05) is 6.61 Å². The fourth-order valence-electron chi connectivity index (χ4n) is 1.80. The molecule has 0 bridgehead atoms. The molecule has 2 rings (SSSR count). The number of benzene rings is 2. The Bertz CT molecular complexity index is 630. The van der Waals surface area contributed by atoms with Crippen molar-refractivity contribution in [3.8, 4) is 5.75 Å². The van der Waals surface area contributed by atoms with E-state index < -0.39 is 28.8 Å². The quantitative estimate of drug-likeness (QED) is 0.798. The summed E-state index contributed by atoms with van der Waals surface area (Å²) in [6, 6.07) is 6.90. The topological polar surface area (TPSA) is 26.3 Å². The van der Waals surface area contributed by atoms with Crippen LogP contribution in [-0.2, 0) is 0 Å². The number of ether oxygens (including phenoxy) is 1. The maximum Gasteiger partial charge on any atom is 0.199 e. The predicted molar refractivity (Wildman–Crippen MR) is 67.4 cm³/mol. The van der Waals surface area contributed by atoms with Gasteiger partial charge in [-0.1, -0.05) is 12.1 Å². The second kappa shape index (κ2) is 5.77. The Balaban J connectivity index is 2.44. The maximum atomic E-state index is 13.6. The molecule has 0 aliphatic heterocycles. The van der Waals surface area contributed by atoms with Gasteiger partial charge >= 0.3 is 0 Å². The summed E-state index contributed by atoms with van der Waals surface area (Å²) in [4.78, 5) is 12.1. The zero-order chi connectivity index (χ0) is 14.7. The van der Waals surface area contributed by atoms with E-state index in [1.54, 1.807) is 13.0 Å². The summed E-state index contributed by atoms with van der Waals surface area (Å²) in [6.07, 6.45) is 0. The lowest BCUT2D eigenvalue weighted by Crippen LogP contribution is -2.08. The van der Waals surface area contributed by atoms with Crippen molar-refractivity contribution in [1.29, 1.82) is 0 Å². The standard InChI is InChI=1S/C15H11F3O2/c1-2-20-11-5-3-4-9(6-11)15(19)14-12(17)7-10(16)8-13(14)18/h3-8H,2H2,1H3. The molecule has 0 radical (unpaired) electrons. The van der Waals surface area contributed by atoms with Gasteiger partial charge < -0.3 is 4.74 Å². The highest BCUT2D eigenvalue weighted by Crippen LogP contribution is 2.21. The van der Waals surface area contributed by atoms with Gasteiger partial charge in [-0.05, 0) is 19.1 Å². The highest BCUT2D eigenvalue weighted by atomic mass is 19.1. The largest absolute Gasteiger partial charge is 0.494 e. The van der Waals surface area contributed by atoms with Gasteiger partial charge in [-0.2, -0.15) is 0 Å². The van der Waals surface area contributed by atoms with Gasteiger partial charge in [-0.15, -0.1) is 0 Å². The molecule has 0 heterocycles. The fourth-order valence-corrected chi connectivity index (χ4v) is 1.80. The van der Waals surface area contributed by atoms with E-state index >= 15 is 0 Å². The number of carbonyl (C=O) groups excluding carboxylic acids is 1. The Morgan fingerprint density at radius 3 is 2.35 bits per heavy atom. The van der Waals surface area contributed by atoms with Crippen LogP contribution in [0.2, 0.25) is 0 Å². The number of hydrogen-bond acceptors (Lipinski definition) is 2. The minimum absolute atomic E-state index is 0.0698. The minimum atomic E-state index is -1.23. The van der Waals surface area contributed by atoms with E-state index in [2.05, 4.69) is 0 Å². The van der Waals surface area contributed by atoms with Crippen LogP contribution >= 0.6 is 0 Å². The molecular weight excluding hydrogens is 269 g/mol. The number of ketones is 1. The Kier molecular flexibility index (Phi) is 4.08. The summed E-state index contributed by atoms with van der Waals surface area (Å²) < 4.78 is 45.2. The van der Waals surface area contributed by atoms with E-state index in [4.69, 9.17) is 4.74 Å². The van der Waals surface area contributed by atoms with Gasteiger partial charge in [0.1, 0.15) is 23.2 Å². The molecule has 20 heavy (non-hydrogen) atoms. The second-order valence-electron chi connectivity index (χ2n) is 4.03. The SMILES string of the molecule is CCOc1cccc(C(=O)c2c(F)cc(F)cc2F)c1. The van der Waals surface area contributed by atoms with Crippen LogP contribution in [0.3, 0.4) is 0 Å². The van der Waals surface area contributed by atoms with Crippen molar-refractivity contribution in [1.82, 2.24) is 0 Å². The maximum absolute atomic E-state index is 13.6. The Morgan fingerprint density at radius 2 is 1.75 bits per heavy atom. The predicted octanol–water partition coefficient (Wildman–Crippen LogP) is 3.73. The van der Waals surface area contributed by atoms with Crippen molar-refractivity contribution in [3.05, 3.63) is 65.0 Å². The normalized spacial score (nSPS) is 10.4. The van der Waals surface area contributed by atoms with E-state index in [9.17, 15) is 18.0 Å². The van der Waals surface area contributed by atoms with Gasteiger partial charge in [-0.25, -0.2) is 13.2 Å². The molecule has 0 aliphatic carbocycles. The zero-order valence-corrected chi connectivity index (χ0v) is 10.6. The molecule has 2 aromatic carbocycles. The number of hydrogen-bond donors (Lipinski definition) is 0. The molecule has 0 spiro atoms. The van der Waals surface area contributed by atoms with Crippen LogP contribution in [0.15, 0.2) is 36.4 Å². The van der Waals surface area contributed by atoms with E-state index in [1.165, 1.54) is 18.2 Å². The second-order valence-corrected chi connectivity index (χ2v) is 4.03. The van der Waals surface area contributed by atoms with Crippen molar-refractivity contribution >= 4 is 5.78 Å². The molecule has 0 saturated carbocycles. The third-order valence-corrected chi connectivity index (χ3v) is 2.64. The monoisotopic (exact) mass is 280 g/mol.